The molecule has 0 aliphatic carbocycles. The van der Waals surface area contributed by atoms with Crippen molar-refractivity contribution in [3.63, 3.8) is 0 Å². The first-order valence-electron chi connectivity index (χ1n) is 10.8. The summed E-state index contributed by atoms with van der Waals surface area (Å²) in [6, 6.07) is 6.98. The number of carbonyl (C=O) groups is 2. The molecule has 8 N–H and O–H groups in total. The highest BCUT2D eigenvalue weighted by atomic mass is 16.4. The van der Waals surface area contributed by atoms with Gasteiger partial charge in [-0.2, -0.15) is 0 Å². The van der Waals surface area contributed by atoms with Crippen molar-refractivity contribution < 1.29 is 19.8 Å². The molecule has 0 saturated heterocycles. The van der Waals surface area contributed by atoms with E-state index in [0.29, 0.717) is 38.8 Å². The molecule has 0 aliphatic heterocycles. The molecule has 0 spiro atoms. The molecule has 10 nitrogen and oxygen atoms in total. The van der Waals surface area contributed by atoms with E-state index in [2.05, 4.69) is 4.98 Å². The number of rotatable bonds is 9. The van der Waals surface area contributed by atoms with Gasteiger partial charge < -0.3 is 36.9 Å². The van der Waals surface area contributed by atoms with E-state index < -0.39 is 23.6 Å². The number of hydrogen-bond donors (Lipinski definition) is 5. The molecule has 2 aromatic rings. The lowest BCUT2D eigenvalue weighted by Crippen LogP contribution is -2.45. The molecule has 10 heteroatoms. The van der Waals surface area contributed by atoms with Crippen LogP contribution in [0.3, 0.4) is 0 Å². The number of amides is 1. The molecule has 0 radical (unpaired) electrons. The van der Waals surface area contributed by atoms with E-state index in [4.69, 9.17) is 22.3 Å². The van der Waals surface area contributed by atoms with Crippen LogP contribution in [0.25, 0.3) is 11.0 Å². The van der Waals surface area contributed by atoms with Crippen molar-refractivity contribution in [2.45, 2.75) is 64.1 Å². The van der Waals surface area contributed by atoms with Crippen LogP contribution in [0.4, 0.5) is 4.79 Å². The Labute approximate surface area is 189 Å². The first kappa shape index (κ1) is 27.3. The molecule has 1 aromatic carbocycles. The van der Waals surface area contributed by atoms with E-state index >= 15 is 0 Å². The van der Waals surface area contributed by atoms with Gasteiger partial charge in [0.2, 0.25) is 0 Å². The number of nitrogens with zero attached hydrogens (tertiary/aromatic N) is 3. The largest absolute Gasteiger partial charge is 0.480 e. The molecule has 0 fully saturated rings. The van der Waals surface area contributed by atoms with Gasteiger partial charge in [-0.25, -0.2) is 9.78 Å². The van der Waals surface area contributed by atoms with Gasteiger partial charge in [-0.1, -0.05) is 12.1 Å². The monoisotopic (exact) mass is 450 g/mol. The number of aromatic nitrogens is 2. The van der Waals surface area contributed by atoms with Gasteiger partial charge in [0, 0.05) is 19.1 Å². The number of benzene rings is 1. The van der Waals surface area contributed by atoms with Crippen LogP contribution in [0, 0.1) is 0 Å². The average molecular weight is 451 g/mol. The Bertz CT molecular complexity index is 877. The number of nitrogens with two attached hydrogens (primary N) is 3. The molecule has 2 atom stereocenters. The number of hydrogen-bond acceptors (Lipinski definition) is 6. The predicted octanol–water partition coefficient (Wildman–Crippen LogP) is 2.27. The second-order valence-electron chi connectivity index (χ2n) is 8.75. The van der Waals surface area contributed by atoms with Crippen molar-refractivity contribution in [1.29, 1.82) is 0 Å². The zero-order valence-corrected chi connectivity index (χ0v) is 19.5. The fourth-order valence-electron chi connectivity index (χ4n) is 3.27. The number of fused-ring (bicyclic) bond motifs is 1. The highest BCUT2D eigenvalue weighted by molar-refractivity contribution is 5.75. The van der Waals surface area contributed by atoms with E-state index in [1.165, 1.54) is 4.90 Å². The van der Waals surface area contributed by atoms with E-state index in [-0.39, 0.29) is 6.04 Å². The second kappa shape index (κ2) is 12.4. The number of imidazole rings is 1. The number of carboxylic acids is 1. The maximum absolute atomic E-state index is 11.3. The summed E-state index contributed by atoms with van der Waals surface area (Å²) in [6.07, 6.45) is 1.64. The van der Waals surface area contributed by atoms with Gasteiger partial charge in [0.25, 0.3) is 0 Å². The predicted molar refractivity (Wildman–Crippen MR) is 125 cm³/mol. The van der Waals surface area contributed by atoms with E-state index in [9.17, 15) is 14.7 Å². The highest BCUT2D eigenvalue weighted by Gasteiger charge is 2.26. The first-order chi connectivity index (χ1) is 14.9. The quantitative estimate of drug-likeness (QED) is 0.387. The fourth-order valence-corrected chi connectivity index (χ4v) is 3.27. The Morgan fingerprint density at radius 2 is 1.75 bits per heavy atom. The van der Waals surface area contributed by atoms with Crippen molar-refractivity contribution in [3.05, 3.63) is 30.1 Å². The minimum Gasteiger partial charge on any atom is -0.480 e. The Morgan fingerprint density at radius 1 is 1.12 bits per heavy atom. The lowest BCUT2D eigenvalue weighted by atomic mass is 10.1. The minimum atomic E-state index is -0.955. The van der Waals surface area contributed by atoms with Crippen LogP contribution in [0.1, 0.15) is 58.3 Å². The van der Waals surface area contributed by atoms with Crippen LogP contribution in [0.5, 0.6) is 0 Å². The van der Waals surface area contributed by atoms with Crippen LogP contribution in [0.15, 0.2) is 24.3 Å². The molecule has 0 bridgehead atoms. The molecule has 180 valence electrons. The third kappa shape index (κ3) is 8.10. The lowest BCUT2D eigenvalue weighted by molar-refractivity contribution is -0.138. The van der Waals surface area contributed by atoms with Gasteiger partial charge in [-0.05, 0) is 65.1 Å². The smallest absolute Gasteiger partial charge is 0.407 e. The van der Waals surface area contributed by atoms with Gasteiger partial charge >= 0.3 is 12.1 Å². The highest BCUT2D eigenvalue weighted by Crippen LogP contribution is 2.22. The maximum Gasteiger partial charge on any atom is 0.407 e. The first-order valence-corrected chi connectivity index (χ1v) is 10.8. The Morgan fingerprint density at radius 3 is 2.25 bits per heavy atom. The Kier molecular flexibility index (Phi) is 10.6. The van der Waals surface area contributed by atoms with Crippen molar-refractivity contribution in [2.75, 3.05) is 13.1 Å². The van der Waals surface area contributed by atoms with Crippen LogP contribution in [-0.4, -0.2) is 61.4 Å². The third-order valence-corrected chi connectivity index (χ3v) is 5.13. The molecule has 0 saturated carbocycles. The topological polar surface area (TPSA) is 174 Å². The summed E-state index contributed by atoms with van der Waals surface area (Å²) in [5.74, 6) is -0.118. The normalized spacial score (nSPS) is 13.2. The zero-order valence-electron chi connectivity index (χ0n) is 19.5. The molecular weight excluding hydrogens is 412 g/mol. The number of aryl methyl sites for hydroxylation is 1. The summed E-state index contributed by atoms with van der Waals surface area (Å²) in [7, 11) is 1.96. The summed E-state index contributed by atoms with van der Waals surface area (Å²) < 4.78 is 2.01. The molecule has 0 aliphatic rings. The molecule has 1 aromatic heterocycles. The maximum atomic E-state index is 11.3. The zero-order chi connectivity index (χ0) is 24.5. The number of aliphatic carboxylic acids is 1. The van der Waals surface area contributed by atoms with Crippen LogP contribution >= 0.6 is 0 Å². The van der Waals surface area contributed by atoms with Gasteiger partial charge in [-0.15, -0.1) is 0 Å². The standard InChI is InChI=1S/C17H26N4O2.C5H12N2O2/c1-17(2,3)21(16(22)23)11-7-8-12(18)15-19-13-9-5-6-10-14(13)20(15)4;6-3-1-2-4(7)5(8)9/h5-6,9-10,12H,7-8,11,18H2,1-4H3,(H,22,23);4H,1-3,6-7H2,(H,8,9). The number of carboxylic acid groups (broad SMARTS) is 2. The van der Waals surface area contributed by atoms with Crippen molar-refractivity contribution in [2.24, 2.45) is 24.2 Å². The number of para-hydroxylation sites is 2. The van der Waals surface area contributed by atoms with Crippen LogP contribution in [-0.2, 0) is 11.8 Å². The van der Waals surface area contributed by atoms with E-state index in [1.807, 2.05) is 56.7 Å². The summed E-state index contributed by atoms with van der Waals surface area (Å²) in [4.78, 5) is 27.4. The lowest BCUT2D eigenvalue weighted by Gasteiger charge is -2.33. The van der Waals surface area contributed by atoms with Crippen molar-refractivity contribution in [1.82, 2.24) is 14.5 Å². The summed E-state index contributed by atoms with van der Waals surface area (Å²) in [5, 5.41) is 17.6. The molecular formula is C22H38N6O4. The average Bonchev–Trinajstić information content (AvgIpc) is 3.05. The molecule has 2 unspecified atom stereocenters. The van der Waals surface area contributed by atoms with Gasteiger partial charge in [0.1, 0.15) is 11.9 Å². The fraction of sp³-hybridized carbons (Fsp3) is 0.591. The van der Waals surface area contributed by atoms with Crippen LogP contribution in [0.2, 0.25) is 0 Å². The SMILES string of the molecule is Cn1c(C(N)CCCN(C(=O)O)C(C)(C)C)nc2ccccc21.NCCCC(N)C(=O)O. The summed E-state index contributed by atoms with van der Waals surface area (Å²) in [6.45, 7) is 6.66. The molecule has 2 rings (SSSR count). The van der Waals surface area contributed by atoms with E-state index in [1.54, 1.807) is 0 Å². The van der Waals surface area contributed by atoms with Gasteiger partial charge in [0.05, 0.1) is 17.1 Å². The van der Waals surface area contributed by atoms with E-state index in [0.717, 1.165) is 16.9 Å². The molecule has 1 heterocycles. The molecule has 1 amide bonds. The Hall–Kier alpha value is -2.69. The molecule has 32 heavy (non-hydrogen) atoms. The summed E-state index contributed by atoms with van der Waals surface area (Å²) in [5.41, 5.74) is 18.1. The van der Waals surface area contributed by atoms with Gasteiger partial charge in [0.15, 0.2) is 0 Å². The van der Waals surface area contributed by atoms with Gasteiger partial charge in [-0.3, -0.25) is 4.79 Å². The van der Waals surface area contributed by atoms with Crippen LogP contribution < -0.4 is 17.2 Å². The van der Waals surface area contributed by atoms with Crippen molar-refractivity contribution in [3.8, 4) is 0 Å². The Balaban J connectivity index is 0.000000482. The summed E-state index contributed by atoms with van der Waals surface area (Å²) >= 11 is 0. The second-order valence-corrected chi connectivity index (χ2v) is 8.75. The van der Waals surface area contributed by atoms with Crippen molar-refractivity contribution >= 4 is 23.1 Å². The third-order valence-electron chi connectivity index (χ3n) is 5.13. The minimum absolute atomic E-state index is 0.206.